The zero-order valence-electron chi connectivity index (χ0n) is 18.9. The zero-order valence-corrected chi connectivity index (χ0v) is 18.9. The first kappa shape index (κ1) is 23.3. The molecule has 2 aromatic carbocycles. The van der Waals surface area contributed by atoms with Crippen molar-refractivity contribution < 1.29 is 23.5 Å². The fourth-order valence-electron chi connectivity index (χ4n) is 3.32. The van der Waals surface area contributed by atoms with Gasteiger partial charge in [-0.05, 0) is 70.0 Å². The van der Waals surface area contributed by atoms with Gasteiger partial charge in [0.1, 0.15) is 18.0 Å². The van der Waals surface area contributed by atoms with E-state index in [1.165, 1.54) is 0 Å². The van der Waals surface area contributed by atoms with Gasteiger partial charge >= 0.3 is 6.09 Å². The van der Waals surface area contributed by atoms with Crippen LogP contribution < -0.4 is 15.0 Å². The second kappa shape index (κ2) is 9.85. The highest BCUT2D eigenvalue weighted by molar-refractivity contribution is 6.08. The second-order valence-electron chi connectivity index (χ2n) is 8.77. The molecule has 0 fully saturated rings. The van der Waals surface area contributed by atoms with E-state index in [1.807, 2.05) is 37.3 Å². The van der Waals surface area contributed by atoms with Gasteiger partial charge in [0, 0.05) is 29.9 Å². The molecule has 1 aliphatic rings. The lowest BCUT2D eigenvalue weighted by atomic mass is 9.98. The molecular formula is C25H29FN2O4. The van der Waals surface area contributed by atoms with Crippen molar-refractivity contribution in [2.45, 2.75) is 39.7 Å². The fourth-order valence-corrected chi connectivity index (χ4v) is 3.32. The van der Waals surface area contributed by atoms with Gasteiger partial charge in [-0.1, -0.05) is 17.7 Å². The maximum Gasteiger partial charge on any atom is 0.407 e. The number of nitrogens with one attached hydrogen (secondary N) is 1. The molecule has 0 radical (unpaired) electrons. The van der Waals surface area contributed by atoms with E-state index in [2.05, 4.69) is 5.32 Å². The van der Waals surface area contributed by atoms with Gasteiger partial charge in [-0.15, -0.1) is 0 Å². The number of hydrogen-bond donors (Lipinski definition) is 1. The van der Waals surface area contributed by atoms with Gasteiger partial charge in [-0.3, -0.25) is 4.79 Å². The summed E-state index contributed by atoms with van der Waals surface area (Å²) in [5.74, 6) is 0.490. The van der Waals surface area contributed by atoms with E-state index in [-0.39, 0.29) is 24.6 Å². The summed E-state index contributed by atoms with van der Waals surface area (Å²) >= 11 is 0. The van der Waals surface area contributed by atoms with Gasteiger partial charge in [0.2, 0.25) is 0 Å². The van der Waals surface area contributed by atoms with Crippen molar-refractivity contribution >= 4 is 17.7 Å². The number of ether oxygens (including phenoxy) is 2. The van der Waals surface area contributed by atoms with Crippen LogP contribution in [-0.2, 0) is 11.2 Å². The van der Waals surface area contributed by atoms with Crippen molar-refractivity contribution in [1.82, 2.24) is 5.32 Å². The van der Waals surface area contributed by atoms with Crippen LogP contribution in [0.1, 0.15) is 42.3 Å². The van der Waals surface area contributed by atoms with E-state index in [0.717, 1.165) is 16.8 Å². The predicted molar refractivity (Wildman–Crippen MR) is 122 cm³/mol. The van der Waals surface area contributed by atoms with Gasteiger partial charge in [-0.2, -0.15) is 0 Å². The summed E-state index contributed by atoms with van der Waals surface area (Å²) in [6.45, 7) is 7.78. The Kier molecular flexibility index (Phi) is 7.18. The number of nitrogens with zero attached hydrogens (tertiary/aromatic N) is 1. The Morgan fingerprint density at radius 3 is 2.56 bits per heavy atom. The molecule has 0 atom stereocenters. The minimum absolute atomic E-state index is 0.0274. The van der Waals surface area contributed by atoms with Crippen LogP contribution in [0.5, 0.6) is 5.75 Å². The number of hydrogen-bond acceptors (Lipinski definition) is 4. The van der Waals surface area contributed by atoms with Crippen LogP contribution in [0, 0.1) is 6.92 Å². The van der Waals surface area contributed by atoms with E-state index in [0.29, 0.717) is 30.6 Å². The number of anilines is 1. The highest BCUT2D eigenvalue weighted by Gasteiger charge is 2.25. The molecule has 0 bridgehead atoms. The van der Waals surface area contributed by atoms with Crippen molar-refractivity contribution in [2.24, 2.45) is 0 Å². The molecule has 6 nitrogen and oxygen atoms in total. The monoisotopic (exact) mass is 440 g/mol. The van der Waals surface area contributed by atoms with E-state index in [4.69, 9.17) is 9.47 Å². The van der Waals surface area contributed by atoms with Crippen molar-refractivity contribution in [2.75, 3.05) is 24.6 Å². The molecule has 0 saturated heterocycles. The Labute approximate surface area is 188 Å². The van der Waals surface area contributed by atoms with Crippen molar-refractivity contribution in [3.63, 3.8) is 0 Å². The number of fused-ring (bicyclic) bond motifs is 1. The quantitative estimate of drug-likeness (QED) is 0.690. The number of aryl methyl sites for hydroxylation is 1. The van der Waals surface area contributed by atoms with Crippen LogP contribution in [-0.4, -0.2) is 37.3 Å². The van der Waals surface area contributed by atoms with Crippen LogP contribution >= 0.6 is 0 Å². The van der Waals surface area contributed by atoms with Gasteiger partial charge in [0.25, 0.3) is 5.91 Å². The molecule has 32 heavy (non-hydrogen) atoms. The lowest BCUT2D eigenvalue weighted by Crippen LogP contribution is -2.37. The fraction of sp³-hybridized carbons (Fsp3) is 0.360. The van der Waals surface area contributed by atoms with Crippen LogP contribution in [0.4, 0.5) is 14.9 Å². The maximum absolute atomic E-state index is 13.2. The summed E-state index contributed by atoms with van der Waals surface area (Å²) in [4.78, 5) is 26.5. The number of carbonyl (C=O) groups is 2. The molecule has 0 saturated carbocycles. The molecule has 1 aliphatic heterocycles. The molecule has 2 aromatic rings. The average Bonchev–Trinajstić information content (AvgIpc) is 2.73. The third kappa shape index (κ3) is 6.09. The van der Waals surface area contributed by atoms with Crippen molar-refractivity contribution in [1.29, 1.82) is 0 Å². The minimum Gasteiger partial charge on any atom is -0.489 e. The third-order valence-electron chi connectivity index (χ3n) is 4.94. The summed E-state index contributed by atoms with van der Waals surface area (Å²) in [5, 5.41) is 2.51. The smallest absolute Gasteiger partial charge is 0.407 e. The summed E-state index contributed by atoms with van der Waals surface area (Å²) in [6.07, 6.45) is 0.485. The Morgan fingerprint density at radius 2 is 1.91 bits per heavy atom. The van der Waals surface area contributed by atoms with Gasteiger partial charge in [-0.25, -0.2) is 9.18 Å². The number of amides is 2. The summed E-state index contributed by atoms with van der Waals surface area (Å²) < 4.78 is 24.0. The highest BCUT2D eigenvalue weighted by Crippen LogP contribution is 2.27. The Hall–Kier alpha value is -3.35. The average molecular weight is 441 g/mol. The van der Waals surface area contributed by atoms with Crippen molar-refractivity contribution in [3.8, 4) is 5.75 Å². The molecule has 170 valence electrons. The first-order chi connectivity index (χ1) is 15.2. The summed E-state index contributed by atoms with van der Waals surface area (Å²) in [6, 6.07) is 13.1. The number of benzene rings is 2. The van der Waals surface area contributed by atoms with E-state index < -0.39 is 11.7 Å². The maximum atomic E-state index is 13.2. The topological polar surface area (TPSA) is 67.9 Å². The van der Waals surface area contributed by atoms with E-state index in [1.54, 1.807) is 37.8 Å². The molecule has 7 heteroatoms. The van der Waals surface area contributed by atoms with Crippen LogP contribution in [0.3, 0.4) is 0 Å². The molecular weight excluding hydrogens is 411 g/mol. The SMILES string of the molecule is Cc1ccc(N2CCc3cc(OC/C(=C\F)CNC(=O)OC(C)(C)C)ccc3C2=O)cc1. The van der Waals surface area contributed by atoms with Crippen LogP contribution in [0.2, 0.25) is 0 Å². The van der Waals surface area contributed by atoms with Gasteiger partial charge in [0.15, 0.2) is 0 Å². The Morgan fingerprint density at radius 1 is 1.19 bits per heavy atom. The Bertz CT molecular complexity index is 1010. The second-order valence-corrected chi connectivity index (χ2v) is 8.77. The lowest BCUT2D eigenvalue weighted by molar-refractivity contribution is 0.0531. The Balaban J connectivity index is 1.59. The first-order valence-electron chi connectivity index (χ1n) is 10.6. The van der Waals surface area contributed by atoms with Gasteiger partial charge < -0.3 is 19.7 Å². The molecule has 1 heterocycles. The number of halogens is 1. The summed E-state index contributed by atoms with van der Waals surface area (Å²) in [5.41, 5.74) is 3.18. The molecule has 2 amide bonds. The first-order valence-corrected chi connectivity index (χ1v) is 10.6. The third-order valence-corrected chi connectivity index (χ3v) is 4.94. The zero-order chi connectivity index (χ0) is 23.3. The number of rotatable bonds is 6. The predicted octanol–water partition coefficient (Wildman–Crippen LogP) is 4.95. The molecule has 1 N–H and O–H groups in total. The minimum atomic E-state index is -0.629. The number of carbonyl (C=O) groups excluding carboxylic acids is 2. The lowest BCUT2D eigenvalue weighted by Gasteiger charge is -2.29. The molecule has 0 unspecified atom stereocenters. The van der Waals surface area contributed by atoms with E-state index >= 15 is 0 Å². The molecule has 0 spiro atoms. The molecule has 0 aromatic heterocycles. The largest absolute Gasteiger partial charge is 0.489 e. The van der Waals surface area contributed by atoms with E-state index in [9.17, 15) is 14.0 Å². The van der Waals surface area contributed by atoms with Crippen LogP contribution in [0.25, 0.3) is 0 Å². The summed E-state index contributed by atoms with van der Waals surface area (Å²) in [7, 11) is 0. The van der Waals surface area contributed by atoms with Crippen LogP contribution in [0.15, 0.2) is 54.4 Å². The normalized spacial score (nSPS) is 14.1. The highest BCUT2D eigenvalue weighted by atomic mass is 19.1. The number of alkyl carbamates (subject to hydrolysis) is 1. The molecule has 3 rings (SSSR count). The van der Waals surface area contributed by atoms with Crippen molar-refractivity contribution in [3.05, 3.63) is 71.1 Å². The standard InChI is InChI=1S/C25H29FN2O4/c1-17-5-7-20(8-6-17)28-12-11-19-13-21(9-10-22(19)23(28)29)31-16-18(14-26)15-27-24(30)32-25(2,3)4/h5-10,13-14H,11-12,15-16H2,1-4H3,(H,27,30)/b18-14-. The molecule has 0 aliphatic carbocycles. The van der Waals surface area contributed by atoms with Gasteiger partial charge in [0.05, 0.1) is 6.33 Å².